The molecule has 0 saturated carbocycles. The summed E-state index contributed by atoms with van der Waals surface area (Å²) in [5.74, 6) is -0.279. The van der Waals surface area contributed by atoms with Crippen molar-refractivity contribution >= 4 is 40.2 Å². The molecule has 3 aromatic rings. The molecule has 3 rings (SSSR count). The highest BCUT2D eigenvalue weighted by Crippen LogP contribution is 2.28. The number of carbonyl (C=O) groups is 1. The van der Waals surface area contributed by atoms with Crippen LogP contribution in [0.3, 0.4) is 0 Å². The SMILES string of the molecule is Nc1ccc(-c2ccsc2)cc1NC(=O)c1ccc(Cl)nc1. The van der Waals surface area contributed by atoms with Crippen molar-refractivity contribution in [2.75, 3.05) is 11.1 Å². The first-order valence-electron chi connectivity index (χ1n) is 6.48. The molecule has 110 valence electrons. The van der Waals surface area contributed by atoms with Crippen LogP contribution in [0.5, 0.6) is 0 Å². The number of anilines is 2. The Morgan fingerprint density at radius 2 is 2.05 bits per heavy atom. The van der Waals surface area contributed by atoms with E-state index in [2.05, 4.69) is 10.3 Å². The van der Waals surface area contributed by atoms with Crippen molar-refractivity contribution < 1.29 is 4.79 Å². The Morgan fingerprint density at radius 1 is 1.18 bits per heavy atom. The molecule has 0 aliphatic heterocycles. The van der Waals surface area contributed by atoms with Crippen molar-refractivity contribution in [1.82, 2.24) is 4.98 Å². The number of hydrogen-bond acceptors (Lipinski definition) is 4. The van der Waals surface area contributed by atoms with Crippen LogP contribution in [-0.4, -0.2) is 10.9 Å². The van der Waals surface area contributed by atoms with Crippen molar-refractivity contribution in [3.05, 3.63) is 64.1 Å². The fraction of sp³-hybridized carbons (Fsp3) is 0. The zero-order valence-electron chi connectivity index (χ0n) is 11.4. The molecule has 4 nitrogen and oxygen atoms in total. The Balaban J connectivity index is 1.87. The van der Waals surface area contributed by atoms with E-state index in [0.29, 0.717) is 22.1 Å². The molecule has 0 fully saturated rings. The number of halogens is 1. The van der Waals surface area contributed by atoms with E-state index in [-0.39, 0.29) is 5.91 Å². The molecule has 22 heavy (non-hydrogen) atoms. The van der Waals surface area contributed by atoms with E-state index in [4.69, 9.17) is 17.3 Å². The van der Waals surface area contributed by atoms with Crippen molar-refractivity contribution in [2.45, 2.75) is 0 Å². The summed E-state index contributed by atoms with van der Waals surface area (Å²) in [6, 6.07) is 10.8. The summed E-state index contributed by atoms with van der Waals surface area (Å²) < 4.78 is 0. The van der Waals surface area contributed by atoms with E-state index >= 15 is 0 Å². The maximum atomic E-state index is 12.2. The number of nitrogens with one attached hydrogen (secondary N) is 1. The highest BCUT2D eigenvalue weighted by Gasteiger charge is 2.10. The first-order chi connectivity index (χ1) is 10.6. The van der Waals surface area contributed by atoms with E-state index in [9.17, 15) is 4.79 Å². The lowest BCUT2D eigenvalue weighted by molar-refractivity contribution is 0.102. The topological polar surface area (TPSA) is 68.0 Å². The molecule has 0 aliphatic rings. The number of rotatable bonds is 3. The number of aromatic nitrogens is 1. The second kappa shape index (κ2) is 6.17. The van der Waals surface area contributed by atoms with Gasteiger partial charge in [-0.05, 0) is 52.2 Å². The molecule has 0 saturated heterocycles. The Bertz CT molecular complexity index is 801. The van der Waals surface area contributed by atoms with E-state index in [1.165, 1.54) is 6.20 Å². The third-order valence-corrected chi connectivity index (χ3v) is 4.05. The molecular formula is C16H12ClN3OS. The van der Waals surface area contributed by atoms with Gasteiger partial charge in [0.25, 0.3) is 5.91 Å². The number of nitrogen functional groups attached to an aromatic ring is 1. The van der Waals surface area contributed by atoms with E-state index < -0.39 is 0 Å². The molecule has 0 radical (unpaired) electrons. The monoisotopic (exact) mass is 329 g/mol. The average molecular weight is 330 g/mol. The Morgan fingerprint density at radius 3 is 2.73 bits per heavy atom. The second-order valence-corrected chi connectivity index (χ2v) is 5.81. The molecule has 1 amide bonds. The minimum atomic E-state index is -0.279. The molecule has 0 atom stereocenters. The van der Waals surface area contributed by atoms with Crippen LogP contribution in [0, 0.1) is 0 Å². The van der Waals surface area contributed by atoms with Gasteiger partial charge in [0.15, 0.2) is 0 Å². The lowest BCUT2D eigenvalue weighted by Crippen LogP contribution is -2.13. The number of thiophene rings is 1. The number of carbonyl (C=O) groups excluding carboxylic acids is 1. The zero-order valence-corrected chi connectivity index (χ0v) is 13.0. The number of nitrogens with two attached hydrogens (primary N) is 1. The van der Waals surface area contributed by atoms with Gasteiger partial charge in [0.1, 0.15) is 5.15 Å². The van der Waals surface area contributed by atoms with Crippen LogP contribution in [-0.2, 0) is 0 Å². The van der Waals surface area contributed by atoms with Gasteiger partial charge in [-0.1, -0.05) is 17.7 Å². The van der Waals surface area contributed by atoms with Gasteiger partial charge in [-0.15, -0.1) is 0 Å². The summed E-state index contributed by atoms with van der Waals surface area (Å²) >= 11 is 7.34. The van der Waals surface area contributed by atoms with Crippen LogP contribution in [0.2, 0.25) is 5.15 Å². The molecule has 2 heterocycles. The smallest absolute Gasteiger partial charge is 0.257 e. The molecule has 3 N–H and O–H groups in total. The quantitative estimate of drug-likeness (QED) is 0.556. The minimum absolute atomic E-state index is 0.279. The molecule has 2 aromatic heterocycles. The number of benzene rings is 1. The van der Waals surface area contributed by atoms with Gasteiger partial charge >= 0.3 is 0 Å². The van der Waals surface area contributed by atoms with Crippen LogP contribution in [0.4, 0.5) is 11.4 Å². The molecule has 0 aliphatic carbocycles. The maximum Gasteiger partial charge on any atom is 0.257 e. The lowest BCUT2D eigenvalue weighted by Gasteiger charge is -2.10. The van der Waals surface area contributed by atoms with Gasteiger partial charge in [0.05, 0.1) is 16.9 Å². The summed E-state index contributed by atoms with van der Waals surface area (Å²) in [5.41, 5.74) is 9.54. The highest BCUT2D eigenvalue weighted by molar-refractivity contribution is 7.08. The first kappa shape index (κ1) is 14.6. The number of nitrogens with zero attached hydrogens (tertiary/aromatic N) is 1. The molecule has 0 spiro atoms. The lowest BCUT2D eigenvalue weighted by atomic mass is 10.1. The molecular weight excluding hydrogens is 318 g/mol. The van der Waals surface area contributed by atoms with Crippen LogP contribution in [0.15, 0.2) is 53.4 Å². The highest BCUT2D eigenvalue weighted by atomic mass is 35.5. The Kier molecular flexibility index (Phi) is 4.09. The Labute approximate surface area is 136 Å². The predicted octanol–water partition coefficient (Wildman–Crippen LogP) is 4.30. The standard InChI is InChI=1S/C16H12ClN3OS/c17-15-4-2-11(8-19-15)16(21)20-14-7-10(1-3-13(14)18)12-5-6-22-9-12/h1-9H,18H2,(H,20,21). The van der Waals surface area contributed by atoms with Crippen molar-refractivity contribution in [1.29, 1.82) is 0 Å². The fourth-order valence-corrected chi connectivity index (χ4v) is 2.75. The van der Waals surface area contributed by atoms with Crippen molar-refractivity contribution in [3.63, 3.8) is 0 Å². The van der Waals surface area contributed by atoms with Crippen LogP contribution in [0.1, 0.15) is 10.4 Å². The second-order valence-electron chi connectivity index (χ2n) is 4.64. The molecule has 1 aromatic carbocycles. The summed E-state index contributed by atoms with van der Waals surface area (Å²) in [6.07, 6.45) is 1.43. The third kappa shape index (κ3) is 3.10. The van der Waals surface area contributed by atoms with Gasteiger partial charge in [-0.2, -0.15) is 11.3 Å². The summed E-state index contributed by atoms with van der Waals surface area (Å²) in [7, 11) is 0. The zero-order chi connectivity index (χ0) is 15.5. The average Bonchev–Trinajstić information content (AvgIpc) is 3.04. The largest absolute Gasteiger partial charge is 0.397 e. The van der Waals surface area contributed by atoms with Gasteiger partial charge in [0.2, 0.25) is 0 Å². The molecule has 0 unspecified atom stereocenters. The van der Waals surface area contributed by atoms with E-state index in [0.717, 1.165) is 11.1 Å². The van der Waals surface area contributed by atoms with Crippen LogP contribution in [0.25, 0.3) is 11.1 Å². The summed E-state index contributed by atoms with van der Waals surface area (Å²) in [6.45, 7) is 0. The van der Waals surface area contributed by atoms with Crippen molar-refractivity contribution in [2.24, 2.45) is 0 Å². The number of amides is 1. The normalized spacial score (nSPS) is 10.4. The van der Waals surface area contributed by atoms with Gasteiger partial charge in [-0.3, -0.25) is 4.79 Å². The maximum absolute atomic E-state index is 12.2. The fourth-order valence-electron chi connectivity index (χ4n) is 1.98. The minimum Gasteiger partial charge on any atom is -0.397 e. The number of hydrogen-bond donors (Lipinski definition) is 2. The number of pyridine rings is 1. The first-order valence-corrected chi connectivity index (χ1v) is 7.80. The molecule has 6 heteroatoms. The van der Waals surface area contributed by atoms with Crippen LogP contribution < -0.4 is 11.1 Å². The third-order valence-electron chi connectivity index (χ3n) is 3.15. The van der Waals surface area contributed by atoms with Gasteiger partial charge < -0.3 is 11.1 Å². The predicted molar refractivity (Wildman–Crippen MR) is 91.4 cm³/mol. The van der Waals surface area contributed by atoms with E-state index in [1.54, 1.807) is 29.5 Å². The van der Waals surface area contributed by atoms with Gasteiger partial charge in [0, 0.05) is 6.20 Å². The molecule has 0 bridgehead atoms. The summed E-state index contributed by atoms with van der Waals surface area (Å²) in [5, 5.41) is 7.19. The summed E-state index contributed by atoms with van der Waals surface area (Å²) in [4.78, 5) is 16.1. The van der Waals surface area contributed by atoms with E-state index in [1.807, 2.05) is 29.0 Å². The van der Waals surface area contributed by atoms with Gasteiger partial charge in [-0.25, -0.2) is 4.98 Å². The Hall–Kier alpha value is -2.37. The van der Waals surface area contributed by atoms with Crippen LogP contribution >= 0.6 is 22.9 Å². The van der Waals surface area contributed by atoms with Crippen molar-refractivity contribution in [3.8, 4) is 11.1 Å².